The van der Waals surface area contributed by atoms with Crippen molar-refractivity contribution >= 4 is 0 Å². The van der Waals surface area contributed by atoms with Crippen LogP contribution in [0.3, 0.4) is 0 Å². The van der Waals surface area contributed by atoms with E-state index in [1.807, 2.05) is 13.0 Å². The average Bonchev–Trinajstić information content (AvgIpc) is 2.03. The Hall–Kier alpha value is -1.33. The van der Waals surface area contributed by atoms with Crippen LogP contribution in [0.15, 0.2) is 18.5 Å². The topological polar surface area (TPSA) is 33.1 Å². The highest BCUT2D eigenvalue weighted by molar-refractivity contribution is 5.38. The smallest absolute Gasteiger partial charge is 0.112 e. The number of aliphatic hydroxyl groups is 1. The molecule has 0 saturated carbocycles. The summed E-state index contributed by atoms with van der Waals surface area (Å²) >= 11 is 0. The van der Waals surface area contributed by atoms with Gasteiger partial charge < -0.3 is 5.11 Å². The number of rotatable bonds is 0. The minimum atomic E-state index is -0.579. The highest BCUT2D eigenvalue weighted by Crippen LogP contribution is 2.01. The molecule has 1 aromatic rings. The molecule has 0 fully saturated rings. The van der Waals surface area contributed by atoms with Crippen molar-refractivity contribution in [1.82, 2.24) is 4.98 Å². The van der Waals surface area contributed by atoms with Gasteiger partial charge in [0.25, 0.3) is 0 Å². The zero-order valence-electron chi connectivity index (χ0n) is 7.20. The average molecular weight is 161 g/mol. The van der Waals surface area contributed by atoms with E-state index >= 15 is 0 Å². The lowest BCUT2D eigenvalue weighted by Gasteiger charge is -1.94. The van der Waals surface area contributed by atoms with E-state index in [9.17, 15) is 0 Å². The molecule has 0 aliphatic heterocycles. The summed E-state index contributed by atoms with van der Waals surface area (Å²) in [6.07, 6.45) is 2.85. The normalized spacial score (nSPS) is 11.6. The molecular formula is C10H11NO. The van der Waals surface area contributed by atoms with E-state index in [1.165, 1.54) is 0 Å². The Morgan fingerprint density at radius 2 is 2.33 bits per heavy atom. The largest absolute Gasteiger partial charge is 0.381 e. The van der Waals surface area contributed by atoms with Crippen LogP contribution in [0.4, 0.5) is 0 Å². The van der Waals surface area contributed by atoms with Gasteiger partial charge in [0.15, 0.2) is 0 Å². The van der Waals surface area contributed by atoms with Gasteiger partial charge in [0.2, 0.25) is 0 Å². The van der Waals surface area contributed by atoms with E-state index in [1.54, 1.807) is 19.3 Å². The summed E-state index contributed by atoms with van der Waals surface area (Å²) in [6, 6.07) is 1.89. The molecule has 0 spiro atoms. The van der Waals surface area contributed by atoms with Gasteiger partial charge in [-0.15, -0.1) is 0 Å². The van der Waals surface area contributed by atoms with Crippen molar-refractivity contribution in [2.75, 3.05) is 0 Å². The van der Waals surface area contributed by atoms with Crippen LogP contribution in [-0.4, -0.2) is 16.2 Å². The van der Waals surface area contributed by atoms with E-state index < -0.39 is 6.10 Å². The molecule has 0 aromatic carbocycles. The van der Waals surface area contributed by atoms with E-state index in [0.717, 1.165) is 11.1 Å². The Morgan fingerprint density at radius 3 is 2.92 bits per heavy atom. The van der Waals surface area contributed by atoms with Crippen molar-refractivity contribution in [3.63, 3.8) is 0 Å². The van der Waals surface area contributed by atoms with Gasteiger partial charge in [-0.25, -0.2) is 0 Å². The number of pyridine rings is 1. The molecule has 0 bridgehead atoms. The molecule has 0 unspecified atom stereocenters. The molecule has 1 heterocycles. The first-order valence-corrected chi connectivity index (χ1v) is 3.80. The molecular weight excluding hydrogens is 150 g/mol. The Morgan fingerprint density at radius 1 is 1.58 bits per heavy atom. The number of hydrogen-bond donors (Lipinski definition) is 1. The summed E-state index contributed by atoms with van der Waals surface area (Å²) in [7, 11) is 0. The Kier molecular flexibility index (Phi) is 2.84. The first-order valence-electron chi connectivity index (χ1n) is 3.80. The molecule has 2 heteroatoms. The Bertz CT molecular complexity index is 320. The second-order valence-electron chi connectivity index (χ2n) is 2.64. The van der Waals surface area contributed by atoms with Crippen LogP contribution in [0.1, 0.15) is 18.1 Å². The van der Waals surface area contributed by atoms with Crippen LogP contribution in [0.25, 0.3) is 0 Å². The predicted molar refractivity (Wildman–Crippen MR) is 47.5 cm³/mol. The molecule has 12 heavy (non-hydrogen) atoms. The zero-order chi connectivity index (χ0) is 8.97. The lowest BCUT2D eigenvalue weighted by atomic mass is 10.1. The molecule has 0 aliphatic rings. The summed E-state index contributed by atoms with van der Waals surface area (Å²) < 4.78 is 0. The lowest BCUT2D eigenvalue weighted by Crippen LogP contribution is -1.93. The maximum Gasteiger partial charge on any atom is 0.112 e. The van der Waals surface area contributed by atoms with Crippen LogP contribution in [-0.2, 0) is 0 Å². The fraction of sp³-hybridized carbons (Fsp3) is 0.300. The predicted octanol–water partition coefficient (Wildman–Crippen LogP) is 1.12. The van der Waals surface area contributed by atoms with Gasteiger partial charge in [0.1, 0.15) is 6.10 Å². The van der Waals surface area contributed by atoms with Gasteiger partial charge >= 0.3 is 0 Å². The van der Waals surface area contributed by atoms with Gasteiger partial charge in [-0.05, 0) is 25.5 Å². The van der Waals surface area contributed by atoms with Crippen LogP contribution in [0.5, 0.6) is 0 Å². The molecule has 1 atom stereocenters. The van der Waals surface area contributed by atoms with Crippen LogP contribution in [0.2, 0.25) is 0 Å². The monoisotopic (exact) mass is 161 g/mol. The van der Waals surface area contributed by atoms with Crippen LogP contribution >= 0.6 is 0 Å². The molecule has 1 aromatic heterocycles. The number of nitrogens with zero attached hydrogens (tertiary/aromatic N) is 1. The van der Waals surface area contributed by atoms with E-state index in [0.29, 0.717) is 0 Å². The third-order valence-electron chi connectivity index (χ3n) is 1.45. The van der Waals surface area contributed by atoms with Gasteiger partial charge in [-0.1, -0.05) is 11.8 Å². The number of aryl methyl sites for hydroxylation is 1. The molecule has 0 aliphatic carbocycles. The van der Waals surface area contributed by atoms with Crippen LogP contribution in [0, 0.1) is 18.8 Å². The Labute approximate surface area is 72.3 Å². The maximum absolute atomic E-state index is 8.91. The number of aromatic nitrogens is 1. The molecule has 0 radical (unpaired) electrons. The number of hydrogen-bond acceptors (Lipinski definition) is 2. The first-order chi connectivity index (χ1) is 5.70. The van der Waals surface area contributed by atoms with Gasteiger partial charge in [-0.3, -0.25) is 4.98 Å². The lowest BCUT2D eigenvalue weighted by molar-refractivity contribution is 0.253. The van der Waals surface area contributed by atoms with E-state index in [4.69, 9.17) is 5.11 Å². The fourth-order valence-corrected chi connectivity index (χ4v) is 0.777. The summed E-state index contributed by atoms with van der Waals surface area (Å²) in [5.74, 6) is 5.52. The number of aliphatic hydroxyl groups excluding tert-OH is 1. The van der Waals surface area contributed by atoms with Crippen molar-refractivity contribution in [2.24, 2.45) is 0 Å². The second kappa shape index (κ2) is 3.89. The van der Waals surface area contributed by atoms with Crippen LogP contribution < -0.4 is 0 Å². The van der Waals surface area contributed by atoms with E-state index in [2.05, 4.69) is 16.8 Å². The summed E-state index contributed by atoms with van der Waals surface area (Å²) in [5, 5.41) is 8.91. The minimum absolute atomic E-state index is 0.579. The molecule has 1 N–H and O–H groups in total. The van der Waals surface area contributed by atoms with Gasteiger partial charge in [-0.2, -0.15) is 0 Å². The quantitative estimate of drug-likeness (QED) is 0.578. The molecule has 0 saturated heterocycles. The highest BCUT2D eigenvalue weighted by atomic mass is 16.3. The molecule has 0 amide bonds. The molecule has 1 rings (SSSR count). The second-order valence-corrected chi connectivity index (χ2v) is 2.64. The van der Waals surface area contributed by atoms with Crippen molar-refractivity contribution in [3.8, 4) is 11.8 Å². The molecule has 62 valence electrons. The molecule has 2 nitrogen and oxygen atoms in total. The summed E-state index contributed by atoms with van der Waals surface area (Å²) in [6.45, 7) is 3.60. The SMILES string of the molecule is Cc1ccncc1C#C[C@H](C)O. The van der Waals surface area contributed by atoms with Crippen molar-refractivity contribution in [1.29, 1.82) is 0 Å². The Balaban J connectivity index is 2.92. The summed E-state index contributed by atoms with van der Waals surface area (Å²) in [4.78, 5) is 3.94. The fourth-order valence-electron chi connectivity index (χ4n) is 0.777. The third-order valence-corrected chi connectivity index (χ3v) is 1.45. The van der Waals surface area contributed by atoms with Crippen molar-refractivity contribution in [3.05, 3.63) is 29.6 Å². The first kappa shape index (κ1) is 8.76. The maximum atomic E-state index is 8.91. The third kappa shape index (κ3) is 2.37. The van der Waals surface area contributed by atoms with Crippen molar-refractivity contribution < 1.29 is 5.11 Å². The van der Waals surface area contributed by atoms with Gasteiger partial charge in [0.05, 0.1) is 0 Å². The van der Waals surface area contributed by atoms with E-state index in [-0.39, 0.29) is 0 Å². The zero-order valence-corrected chi connectivity index (χ0v) is 7.20. The minimum Gasteiger partial charge on any atom is -0.381 e. The van der Waals surface area contributed by atoms with Crippen molar-refractivity contribution in [2.45, 2.75) is 20.0 Å². The summed E-state index contributed by atoms with van der Waals surface area (Å²) in [5.41, 5.74) is 1.96. The highest BCUT2D eigenvalue weighted by Gasteiger charge is 1.91. The standard InChI is InChI=1S/C10H11NO/c1-8-5-6-11-7-10(8)4-3-9(2)12/h5-7,9,12H,1-2H3/t9-/m0/s1. The van der Waals surface area contributed by atoms with Gasteiger partial charge in [0, 0.05) is 18.0 Å².